The lowest BCUT2D eigenvalue weighted by atomic mass is 9.76. The number of nitrogens with one attached hydrogen (secondary N) is 1. The molecule has 1 aliphatic rings. The van der Waals surface area contributed by atoms with Crippen LogP contribution in [0.4, 0.5) is 8.78 Å². The molecule has 1 aliphatic heterocycles. The van der Waals surface area contributed by atoms with Crippen molar-refractivity contribution in [3.8, 4) is 0 Å². The molecule has 0 bridgehead atoms. The van der Waals surface area contributed by atoms with Gasteiger partial charge in [-0.15, -0.1) is 0 Å². The largest absolute Gasteiger partial charge is 0.481 e. The first-order valence-corrected chi connectivity index (χ1v) is 11.1. The third-order valence-electron chi connectivity index (χ3n) is 6.69. The van der Waals surface area contributed by atoms with Crippen molar-refractivity contribution in [3.05, 3.63) is 68.8 Å². The predicted molar refractivity (Wildman–Crippen MR) is 120 cm³/mol. The van der Waals surface area contributed by atoms with Crippen molar-refractivity contribution in [2.24, 2.45) is 5.92 Å². The molecule has 2 aromatic carbocycles. The number of carbonyl (C=O) groups is 1. The molecule has 4 rings (SSSR count). The maximum Gasteiger partial charge on any atom is 0.307 e. The summed E-state index contributed by atoms with van der Waals surface area (Å²) in [7, 11) is 0. The van der Waals surface area contributed by atoms with E-state index in [1.54, 1.807) is 19.1 Å². The lowest BCUT2D eigenvalue weighted by Gasteiger charge is -2.50. The molecule has 4 nitrogen and oxygen atoms in total. The molecule has 0 unspecified atom stereocenters. The van der Waals surface area contributed by atoms with Gasteiger partial charge in [-0.2, -0.15) is 0 Å². The Labute approximate surface area is 188 Å². The van der Waals surface area contributed by atoms with Gasteiger partial charge in [0.15, 0.2) is 0 Å². The summed E-state index contributed by atoms with van der Waals surface area (Å²) < 4.78 is 30.3. The molecule has 2 heterocycles. The number of fused-ring (bicyclic) bond motifs is 3. The fourth-order valence-electron chi connectivity index (χ4n) is 5.09. The molecular formula is C24H25BrF2N2O2. The van der Waals surface area contributed by atoms with Crippen LogP contribution in [0.3, 0.4) is 0 Å². The van der Waals surface area contributed by atoms with E-state index in [9.17, 15) is 14.3 Å². The molecule has 0 fully saturated rings. The number of carboxylic acid groups (broad SMARTS) is 1. The number of aromatic nitrogens is 1. The molecule has 7 heteroatoms. The molecule has 1 aromatic heterocycles. The standard InChI is InChI=1S/C24H25BrF2N2O2/c1-12(23(30)31)11-29-13(2)9-17-16-10-15(26)5-8-20(16)28-22(17)24(29,4)21-14(3)18(25)6-7-19(21)27/h5-8,10,12-13,28H,9,11H2,1-4H3,(H,30,31)/t12-,13-,24-/m1/s1. The van der Waals surface area contributed by atoms with Crippen molar-refractivity contribution in [2.75, 3.05) is 6.54 Å². The van der Waals surface area contributed by atoms with Gasteiger partial charge in [0, 0.05) is 39.2 Å². The number of aliphatic carboxylic acids is 1. The summed E-state index contributed by atoms with van der Waals surface area (Å²) in [4.78, 5) is 17.2. The van der Waals surface area contributed by atoms with Gasteiger partial charge in [-0.1, -0.05) is 22.9 Å². The number of carboxylic acids is 1. The highest BCUT2D eigenvalue weighted by atomic mass is 79.9. The van der Waals surface area contributed by atoms with E-state index < -0.39 is 17.4 Å². The second kappa shape index (κ2) is 7.71. The van der Waals surface area contributed by atoms with Gasteiger partial charge in [-0.3, -0.25) is 9.69 Å². The van der Waals surface area contributed by atoms with Crippen molar-refractivity contribution in [1.29, 1.82) is 0 Å². The van der Waals surface area contributed by atoms with Crippen molar-refractivity contribution < 1.29 is 18.7 Å². The Balaban J connectivity index is 2.05. The van der Waals surface area contributed by atoms with Crippen LogP contribution in [0.25, 0.3) is 10.9 Å². The van der Waals surface area contributed by atoms with Crippen LogP contribution in [0.15, 0.2) is 34.8 Å². The van der Waals surface area contributed by atoms with Crippen molar-refractivity contribution in [3.63, 3.8) is 0 Å². The maximum atomic E-state index is 15.4. The fraction of sp³-hybridized carbons (Fsp3) is 0.375. The Kier molecular flexibility index (Phi) is 5.46. The Hall–Kier alpha value is -2.25. The van der Waals surface area contributed by atoms with Gasteiger partial charge < -0.3 is 10.1 Å². The van der Waals surface area contributed by atoms with Crippen molar-refractivity contribution >= 4 is 32.8 Å². The third-order valence-corrected chi connectivity index (χ3v) is 7.55. The average Bonchev–Trinajstić information content (AvgIpc) is 3.06. The topological polar surface area (TPSA) is 56.3 Å². The number of aromatic amines is 1. The van der Waals surface area contributed by atoms with E-state index in [4.69, 9.17) is 0 Å². The molecule has 2 N–H and O–H groups in total. The minimum Gasteiger partial charge on any atom is -0.481 e. The van der Waals surface area contributed by atoms with Crippen LogP contribution >= 0.6 is 15.9 Å². The number of benzene rings is 2. The van der Waals surface area contributed by atoms with E-state index in [0.29, 0.717) is 12.0 Å². The van der Waals surface area contributed by atoms with Gasteiger partial charge in [-0.05, 0) is 68.7 Å². The van der Waals surface area contributed by atoms with Gasteiger partial charge in [0.25, 0.3) is 0 Å². The molecule has 0 radical (unpaired) electrons. The second-order valence-corrected chi connectivity index (χ2v) is 9.57. The molecule has 0 amide bonds. The number of nitrogens with zero attached hydrogens (tertiary/aromatic N) is 1. The molecule has 31 heavy (non-hydrogen) atoms. The van der Waals surface area contributed by atoms with Crippen molar-refractivity contribution in [2.45, 2.75) is 45.7 Å². The van der Waals surface area contributed by atoms with E-state index >= 15 is 4.39 Å². The zero-order chi connectivity index (χ0) is 22.7. The molecule has 0 saturated heterocycles. The maximum absolute atomic E-state index is 15.4. The summed E-state index contributed by atoms with van der Waals surface area (Å²) in [5.74, 6) is -2.22. The third kappa shape index (κ3) is 3.38. The number of halogens is 3. The SMILES string of the molecule is Cc1c(Br)ccc(F)c1[C@]1(C)c2[nH]c3ccc(F)cc3c2C[C@@H](C)N1C[C@@H](C)C(=O)O. The smallest absolute Gasteiger partial charge is 0.307 e. The molecular weight excluding hydrogens is 466 g/mol. The van der Waals surface area contributed by atoms with Crippen LogP contribution in [0.1, 0.15) is 43.2 Å². The molecule has 0 aliphatic carbocycles. The normalized spacial score (nSPS) is 22.5. The fourth-order valence-corrected chi connectivity index (χ4v) is 5.42. The van der Waals surface area contributed by atoms with Gasteiger partial charge in [-0.25, -0.2) is 8.78 Å². The van der Waals surface area contributed by atoms with Gasteiger partial charge >= 0.3 is 5.97 Å². The number of hydrogen-bond acceptors (Lipinski definition) is 2. The molecule has 164 valence electrons. The van der Waals surface area contributed by atoms with E-state index in [1.165, 1.54) is 18.2 Å². The summed E-state index contributed by atoms with van der Waals surface area (Å²) in [6.07, 6.45) is 0.607. The Morgan fingerprint density at radius 2 is 2.06 bits per heavy atom. The minimum absolute atomic E-state index is 0.0839. The summed E-state index contributed by atoms with van der Waals surface area (Å²) in [6.45, 7) is 7.71. The van der Waals surface area contributed by atoms with Crippen LogP contribution in [0, 0.1) is 24.5 Å². The number of hydrogen-bond donors (Lipinski definition) is 2. The Morgan fingerprint density at radius 1 is 1.35 bits per heavy atom. The van der Waals surface area contributed by atoms with Gasteiger partial charge in [0.1, 0.15) is 11.6 Å². The lowest BCUT2D eigenvalue weighted by molar-refractivity contribution is -0.142. The summed E-state index contributed by atoms with van der Waals surface area (Å²) >= 11 is 3.53. The van der Waals surface area contributed by atoms with Gasteiger partial charge in [0.05, 0.1) is 11.5 Å². The lowest BCUT2D eigenvalue weighted by Crippen LogP contribution is -2.56. The average molecular weight is 491 g/mol. The Morgan fingerprint density at radius 3 is 2.74 bits per heavy atom. The molecule has 3 aromatic rings. The van der Waals surface area contributed by atoms with Crippen molar-refractivity contribution in [1.82, 2.24) is 9.88 Å². The first-order chi connectivity index (χ1) is 14.6. The number of H-pyrrole nitrogens is 1. The van der Waals surface area contributed by atoms with E-state index in [0.717, 1.165) is 32.2 Å². The zero-order valence-corrected chi connectivity index (χ0v) is 19.5. The Bertz CT molecular complexity index is 1190. The van der Waals surface area contributed by atoms with E-state index in [2.05, 4.69) is 25.8 Å². The molecule has 3 atom stereocenters. The van der Waals surface area contributed by atoms with E-state index in [1.807, 2.05) is 20.8 Å². The number of rotatable bonds is 4. The highest BCUT2D eigenvalue weighted by molar-refractivity contribution is 9.10. The minimum atomic E-state index is -0.968. The second-order valence-electron chi connectivity index (χ2n) is 8.71. The summed E-state index contributed by atoms with van der Waals surface area (Å²) in [6, 6.07) is 7.63. The van der Waals surface area contributed by atoms with Crippen LogP contribution < -0.4 is 0 Å². The van der Waals surface area contributed by atoms with Gasteiger partial charge in [0.2, 0.25) is 0 Å². The predicted octanol–water partition coefficient (Wildman–Crippen LogP) is 5.75. The monoisotopic (exact) mass is 490 g/mol. The summed E-state index contributed by atoms with van der Waals surface area (Å²) in [5, 5.41) is 10.4. The first kappa shape index (κ1) is 22.0. The van der Waals surface area contributed by atoms with Crippen LogP contribution in [-0.4, -0.2) is 33.5 Å². The summed E-state index contributed by atoms with van der Waals surface area (Å²) in [5.41, 5.74) is 2.78. The van der Waals surface area contributed by atoms with E-state index in [-0.39, 0.29) is 24.2 Å². The van der Waals surface area contributed by atoms with Crippen LogP contribution in [0.5, 0.6) is 0 Å². The zero-order valence-electron chi connectivity index (χ0n) is 17.9. The van der Waals surface area contributed by atoms with Crippen LogP contribution in [0.2, 0.25) is 0 Å². The molecule has 0 saturated carbocycles. The first-order valence-electron chi connectivity index (χ1n) is 10.3. The quantitative estimate of drug-likeness (QED) is 0.489. The molecule has 0 spiro atoms. The highest BCUT2D eigenvalue weighted by Crippen LogP contribution is 2.48. The highest BCUT2D eigenvalue weighted by Gasteiger charge is 2.48. The van der Waals surface area contributed by atoms with Crippen LogP contribution in [-0.2, 0) is 16.8 Å².